The number of amides is 1. The summed E-state index contributed by atoms with van der Waals surface area (Å²) in [4.78, 5) is 12.2. The van der Waals surface area contributed by atoms with E-state index in [0.717, 1.165) is 5.65 Å². The number of fused-ring (bicyclic) bond motifs is 1. The fourth-order valence-electron chi connectivity index (χ4n) is 1.92. The fraction of sp³-hybridized carbons (Fsp3) is 0.133. The van der Waals surface area contributed by atoms with Gasteiger partial charge in [-0.05, 0) is 37.3 Å². The number of nitrogens with one attached hydrogen (secondary N) is 1. The van der Waals surface area contributed by atoms with E-state index in [1.165, 1.54) is 23.9 Å². The quantitative estimate of drug-likeness (QED) is 0.752. The van der Waals surface area contributed by atoms with Gasteiger partial charge in [-0.15, -0.1) is 10.2 Å². The number of nitrogens with zero attached hydrogens (tertiary/aromatic N) is 3. The zero-order valence-corrected chi connectivity index (χ0v) is 12.5. The van der Waals surface area contributed by atoms with Crippen LogP contribution >= 0.6 is 11.8 Å². The summed E-state index contributed by atoms with van der Waals surface area (Å²) >= 11 is 1.29. The fourth-order valence-corrected chi connectivity index (χ4v) is 2.76. The Bertz CT molecular complexity index is 820. The highest BCUT2D eigenvalue weighted by Crippen LogP contribution is 2.23. The summed E-state index contributed by atoms with van der Waals surface area (Å²) < 4.78 is 14.9. The highest BCUT2D eigenvalue weighted by Gasteiger charge is 2.18. The maximum atomic E-state index is 13.1. The van der Waals surface area contributed by atoms with Crippen molar-refractivity contribution in [3.05, 3.63) is 54.5 Å². The van der Waals surface area contributed by atoms with Crippen molar-refractivity contribution in [2.75, 3.05) is 5.32 Å². The average molecular weight is 316 g/mol. The summed E-state index contributed by atoms with van der Waals surface area (Å²) in [6.45, 7) is 1.77. The molecule has 0 fully saturated rings. The Hall–Kier alpha value is -2.41. The first kappa shape index (κ1) is 14.5. The normalized spacial score (nSPS) is 12.3. The molecule has 0 aliphatic carbocycles. The van der Waals surface area contributed by atoms with Crippen molar-refractivity contribution in [1.82, 2.24) is 14.6 Å². The van der Waals surface area contributed by atoms with Crippen molar-refractivity contribution >= 4 is 29.0 Å². The van der Waals surface area contributed by atoms with Crippen LogP contribution < -0.4 is 5.32 Å². The summed E-state index contributed by atoms with van der Waals surface area (Å²) in [5.41, 5.74) is 1.16. The third kappa shape index (κ3) is 3.09. The first-order chi connectivity index (χ1) is 10.6. The van der Waals surface area contributed by atoms with E-state index in [1.807, 2.05) is 28.8 Å². The lowest BCUT2D eigenvalue weighted by molar-refractivity contribution is -0.115. The molecule has 7 heteroatoms. The Morgan fingerprint density at radius 1 is 1.27 bits per heavy atom. The second kappa shape index (κ2) is 6.15. The third-order valence-corrected chi connectivity index (χ3v) is 4.08. The number of pyridine rings is 1. The summed E-state index contributed by atoms with van der Waals surface area (Å²) in [7, 11) is 0. The minimum Gasteiger partial charge on any atom is -0.325 e. The molecule has 1 amide bonds. The van der Waals surface area contributed by atoms with Crippen LogP contribution in [-0.2, 0) is 4.79 Å². The van der Waals surface area contributed by atoms with E-state index in [1.54, 1.807) is 19.1 Å². The van der Waals surface area contributed by atoms with Crippen molar-refractivity contribution in [2.45, 2.75) is 17.3 Å². The van der Waals surface area contributed by atoms with Crippen molar-refractivity contribution in [3.8, 4) is 0 Å². The van der Waals surface area contributed by atoms with E-state index in [9.17, 15) is 9.18 Å². The largest absolute Gasteiger partial charge is 0.325 e. The van der Waals surface area contributed by atoms with Gasteiger partial charge in [-0.2, -0.15) is 0 Å². The topological polar surface area (TPSA) is 59.3 Å². The molecular formula is C15H13FN4OS. The molecule has 0 saturated heterocycles. The second-order valence-corrected chi connectivity index (χ2v) is 5.98. The number of rotatable bonds is 4. The second-order valence-electron chi connectivity index (χ2n) is 4.67. The van der Waals surface area contributed by atoms with Crippen molar-refractivity contribution in [1.29, 1.82) is 0 Å². The van der Waals surface area contributed by atoms with E-state index in [4.69, 9.17) is 0 Å². The Balaban J connectivity index is 1.71. The lowest BCUT2D eigenvalue weighted by Gasteiger charge is -2.11. The van der Waals surface area contributed by atoms with E-state index in [0.29, 0.717) is 10.8 Å². The minimum absolute atomic E-state index is 0.219. The molecule has 5 nitrogen and oxygen atoms in total. The number of hydrogen-bond acceptors (Lipinski definition) is 4. The molecule has 3 aromatic rings. The molecule has 0 spiro atoms. The molecule has 1 unspecified atom stereocenters. The van der Waals surface area contributed by atoms with E-state index in [-0.39, 0.29) is 11.7 Å². The molecule has 2 aromatic heterocycles. The molecule has 22 heavy (non-hydrogen) atoms. The van der Waals surface area contributed by atoms with E-state index >= 15 is 0 Å². The molecule has 112 valence electrons. The van der Waals surface area contributed by atoms with Gasteiger partial charge in [0.25, 0.3) is 0 Å². The number of carbonyl (C=O) groups excluding carboxylic acids is 1. The SMILES string of the molecule is CC(Sc1nnc2ccccn12)C(=O)Nc1cccc(F)c1. The van der Waals surface area contributed by atoms with Crippen LogP contribution in [0.4, 0.5) is 10.1 Å². The number of anilines is 1. The zero-order chi connectivity index (χ0) is 15.5. The molecule has 1 atom stereocenters. The predicted molar refractivity (Wildman–Crippen MR) is 83.3 cm³/mol. The summed E-state index contributed by atoms with van der Waals surface area (Å²) in [5, 5.41) is 11.0. The zero-order valence-electron chi connectivity index (χ0n) is 11.7. The highest BCUT2D eigenvalue weighted by atomic mass is 32.2. The molecule has 0 saturated carbocycles. The van der Waals surface area contributed by atoms with Crippen LogP contribution in [-0.4, -0.2) is 25.8 Å². The first-order valence-corrected chi connectivity index (χ1v) is 7.54. The van der Waals surface area contributed by atoms with Gasteiger partial charge in [0, 0.05) is 11.9 Å². The molecule has 1 N–H and O–H groups in total. The van der Waals surface area contributed by atoms with Gasteiger partial charge in [0.15, 0.2) is 10.8 Å². The summed E-state index contributed by atoms with van der Waals surface area (Å²) in [6.07, 6.45) is 1.84. The summed E-state index contributed by atoms with van der Waals surface area (Å²) in [5.74, 6) is -0.607. The van der Waals surface area contributed by atoms with Crippen LogP contribution in [0.25, 0.3) is 5.65 Å². The molecule has 0 bridgehead atoms. The van der Waals surface area contributed by atoms with Crippen LogP contribution in [0.3, 0.4) is 0 Å². The van der Waals surface area contributed by atoms with Gasteiger partial charge >= 0.3 is 0 Å². The standard InChI is InChI=1S/C15H13FN4OS/c1-10(14(21)17-12-6-4-5-11(16)9-12)22-15-19-18-13-7-2-3-8-20(13)15/h2-10H,1H3,(H,17,21). The Morgan fingerprint density at radius 3 is 2.95 bits per heavy atom. The van der Waals surface area contributed by atoms with Gasteiger partial charge in [0.2, 0.25) is 5.91 Å². The monoisotopic (exact) mass is 316 g/mol. The number of benzene rings is 1. The number of halogens is 1. The molecule has 2 heterocycles. The predicted octanol–water partition coefficient (Wildman–Crippen LogP) is 2.99. The maximum Gasteiger partial charge on any atom is 0.237 e. The Labute approximate surface area is 130 Å². The van der Waals surface area contributed by atoms with Crippen molar-refractivity contribution < 1.29 is 9.18 Å². The highest BCUT2D eigenvalue weighted by molar-refractivity contribution is 8.00. The maximum absolute atomic E-state index is 13.1. The van der Waals surface area contributed by atoms with Gasteiger partial charge in [-0.25, -0.2) is 4.39 Å². The summed E-state index contributed by atoms with van der Waals surface area (Å²) in [6, 6.07) is 11.4. The molecule has 3 rings (SSSR count). The lowest BCUT2D eigenvalue weighted by atomic mass is 10.3. The molecule has 0 aliphatic rings. The van der Waals surface area contributed by atoms with E-state index < -0.39 is 5.25 Å². The van der Waals surface area contributed by atoms with Gasteiger partial charge in [0.05, 0.1) is 5.25 Å². The smallest absolute Gasteiger partial charge is 0.237 e. The number of aromatic nitrogens is 3. The van der Waals surface area contributed by atoms with Crippen LogP contribution in [0.1, 0.15) is 6.92 Å². The van der Waals surface area contributed by atoms with Gasteiger partial charge in [-0.1, -0.05) is 23.9 Å². The third-order valence-electron chi connectivity index (χ3n) is 3.03. The molecule has 0 radical (unpaired) electrons. The van der Waals surface area contributed by atoms with Gasteiger partial charge in [-0.3, -0.25) is 9.20 Å². The number of thioether (sulfide) groups is 1. The van der Waals surface area contributed by atoms with Gasteiger partial charge in [0.1, 0.15) is 5.82 Å². The first-order valence-electron chi connectivity index (χ1n) is 6.66. The Morgan fingerprint density at radius 2 is 2.14 bits per heavy atom. The molecule has 0 aliphatic heterocycles. The Kier molecular flexibility index (Phi) is 4.06. The van der Waals surface area contributed by atoms with Crippen LogP contribution in [0.2, 0.25) is 0 Å². The van der Waals surface area contributed by atoms with E-state index in [2.05, 4.69) is 15.5 Å². The average Bonchev–Trinajstić information content (AvgIpc) is 2.90. The van der Waals surface area contributed by atoms with Crippen molar-refractivity contribution in [2.24, 2.45) is 0 Å². The van der Waals surface area contributed by atoms with Crippen LogP contribution in [0.15, 0.2) is 53.8 Å². The lowest BCUT2D eigenvalue weighted by Crippen LogP contribution is -2.22. The van der Waals surface area contributed by atoms with Crippen LogP contribution in [0.5, 0.6) is 0 Å². The van der Waals surface area contributed by atoms with Gasteiger partial charge < -0.3 is 5.32 Å². The van der Waals surface area contributed by atoms with Crippen molar-refractivity contribution in [3.63, 3.8) is 0 Å². The van der Waals surface area contributed by atoms with Crippen LogP contribution in [0, 0.1) is 5.82 Å². The molecule has 1 aromatic carbocycles. The minimum atomic E-state index is -0.393. The number of carbonyl (C=O) groups is 1. The molecular weight excluding hydrogens is 303 g/mol. The number of hydrogen-bond donors (Lipinski definition) is 1.